The fourth-order valence-electron chi connectivity index (χ4n) is 7.81. The molecule has 5 heteroatoms. The molecule has 0 amide bonds. The number of anilines is 2. The number of fused-ring (bicyclic) bond motifs is 10. The number of benzene rings is 6. The summed E-state index contributed by atoms with van der Waals surface area (Å²) in [7, 11) is 0. The van der Waals surface area contributed by atoms with Gasteiger partial charge in [0.15, 0.2) is 17.2 Å². The Kier molecular flexibility index (Phi) is 5.34. The highest BCUT2D eigenvalue weighted by Crippen LogP contribution is 2.50. The molecule has 4 heterocycles. The summed E-state index contributed by atoms with van der Waals surface area (Å²) in [5.41, 5.74) is 13.5. The van der Waals surface area contributed by atoms with Crippen LogP contribution >= 0.6 is 0 Å². The molecule has 1 aliphatic heterocycles. The van der Waals surface area contributed by atoms with E-state index in [-0.39, 0.29) is 5.92 Å². The maximum atomic E-state index is 6.61. The van der Waals surface area contributed by atoms with Crippen molar-refractivity contribution in [3.8, 4) is 17.2 Å². The Morgan fingerprint density at radius 3 is 2.33 bits per heavy atom. The first-order valence-electron chi connectivity index (χ1n) is 16.5. The van der Waals surface area contributed by atoms with Crippen molar-refractivity contribution in [1.29, 1.82) is 0 Å². The lowest BCUT2D eigenvalue weighted by atomic mass is 9.95. The van der Waals surface area contributed by atoms with Gasteiger partial charge in [-0.05, 0) is 83.1 Å². The topological polar surface area (TPSA) is 47.1 Å². The summed E-state index contributed by atoms with van der Waals surface area (Å²) < 4.78 is 8.87. The second kappa shape index (κ2) is 9.91. The Balaban J connectivity index is 1.20. The molecule has 49 heavy (non-hydrogen) atoms. The highest BCUT2D eigenvalue weighted by Gasteiger charge is 2.34. The molecule has 11 rings (SSSR count). The van der Waals surface area contributed by atoms with E-state index < -0.39 is 0 Å². The van der Waals surface area contributed by atoms with Crippen LogP contribution in [-0.4, -0.2) is 14.5 Å². The van der Waals surface area contributed by atoms with Crippen molar-refractivity contribution in [2.45, 2.75) is 5.92 Å². The molecule has 0 fully saturated rings. The summed E-state index contributed by atoms with van der Waals surface area (Å²) in [6, 6.07) is 46.9. The maximum absolute atomic E-state index is 6.61. The van der Waals surface area contributed by atoms with Gasteiger partial charge in [0.1, 0.15) is 11.1 Å². The first-order chi connectivity index (χ1) is 24.3. The Bertz CT molecular complexity index is 2940. The first kappa shape index (κ1) is 26.4. The van der Waals surface area contributed by atoms with Crippen LogP contribution in [0.4, 0.5) is 11.4 Å². The van der Waals surface area contributed by atoms with Crippen LogP contribution in [0, 0.1) is 0 Å². The summed E-state index contributed by atoms with van der Waals surface area (Å²) in [5.74, 6) is 1.47. The summed E-state index contributed by atoms with van der Waals surface area (Å²) >= 11 is 0. The van der Waals surface area contributed by atoms with Gasteiger partial charge in [0.2, 0.25) is 0 Å². The minimum atomic E-state index is 0.0868. The van der Waals surface area contributed by atoms with Gasteiger partial charge in [-0.15, -0.1) is 0 Å². The molecular weight excluding hydrogens is 601 g/mol. The molecule has 0 bridgehead atoms. The van der Waals surface area contributed by atoms with Gasteiger partial charge in [-0.25, -0.2) is 9.97 Å². The van der Waals surface area contributed by atoms with E-state index in [9.17, 15) is 0 Å². The largest absolute Gasteiger partial charge is 0.450 e. The molecule has 0 N–H and O–H groups in total. The molecule has 228 valence electrons. The van der Waals surface area contributed by atoms with E-state index in [1.807, 2.05) is 24.3 Å². The molecular formula is C44H26N4O. The fourth-order valence-corrected chi connectivity index (χ4v) is 7.81. The number of furan rings is 1. The van der Waals surface area contributed by atoms with Crippen molar-refractivity contribution >= 4 is 66.0 Å². The summed E-state index contributed by atoms with van der Waals surface area (Å²) in [5, 5.41) is 5.69. The van der Waals surface area contributed by atoms with E-state index in [1.165, 1.54) is 27.1 Å². The summed E-state index contributed by atoms with van der Waals surface area (Å²) in [6.45, 7) is 0. The van der Waals surface area contributed by atoms with Crippen molar-refractivity contribution in [2.24, 2.45) is 0 Å². The van der Waals surface area contributed by atoms with E-state index >= 15 is 0 Å². The van der Waals surface area contributed by atoms with Crippen LogP contribution in [0.1, 0.15) is 11.5 Å². The van der Waals surface area contributed by atoms with Gasteiger partial charge < -0.3 is 9.32 Å². The zero-order valence-corrected chi connectivity index (χ0v) is 26.2. The van der Waals surface area contributed by atoms with Gasteiger partial charge in [0.25, 0.3) is 0 Å². The van der Waals surface area contributed by atoms with Crippen LogP contribution in [0.25, 0.3) is 71.9 Å². The molecule has 6 aromatic carbocycles. The number of aromatic nitrogens is 3. The number of hydrogen-bond donors (Lipinski definition) is 0. The average molecular weight is 627 g/mol. The third-order valence-corrected chi connectivity index (χ3v) is 10.00. The predicted octanol–water partition coefficient (Wildman–Crippen LogP) is 11.1. The first-order valence-corrected chi connectivity index (χ1v) is 16.5. The van der Waals surface area contributed by atoms with Crippen LogP contribution in [0.15, 0.2) is 168 Å². The number of para-hydroxylation sites is 3. The van der Waals surface area contributed by atoms with Gasteiger partial charge in [0.05, 0.1) is 28.3 Å². The number of hydrogen-bond acceptors (Lipinski definition) is 4. The summed E-state index contributed by atoms with van der Waals surface area (Å²) in [6.07, 6.45) is 6.33. The van der Waals surface area contributed by atoms with Crippen LogP contribution in [0.2, 0.25) is 0 Å². The van der Waals surface area contributed by atoms with Crippen molar-refractivity contribution in [1.82, 2.24) is 14.5 Å². The number of allylic oxidation sites excluding steroid dienone is 2. The Morgan fingerprint density at radius 1 is 0.653 bits per heavy atom. The van der Waals surface area contributed by atoms with E-state index in [2.05, 4.69) is 143 Å². The Morgan fingerprint density at radius 2 is 1.43 bits per heavy atom. The number of nitrogens with zero attached hydrogens (tertiary/aromatic N) is 4. The molecule has 0 saturated heterocycles. The van der Waals surface area contributed by atoms with Gasteiger partial charge in [-0.3, -0.25) is 4.57 Å². The van der Waals surface area contributed by atoms with Crippen molar-refractivity contribution < 1.29 is 4.42 Å². The van der Waals surface area contributed by atoms with E-state index in [0.29, 0.717) is 11.4 Å². The zero-order chi connectivity index (χ0) is 32.1. The zero-order valence-electron chi connectivity index (χ0n) is 26.2. The third kappa shape index (κ3) is 3.76. The van der Waals surface area contributed by atoms with E-state index in [1.54, 1.807) is 0 Å². The smallest absolute Gasteiger partial charge is 0.197 e. The standard InChI is InChI=1S/C44H26N4O/c1-2-14-30(15-3-1)47-36-19-9-6-16-31(36)34-25-29(22-23-38(34)47)43-45-41-33-18-8-11-21-40(33)49-42(41)44(46-43)48-37-20-10-7-17-32(37)35-24-27-12-4-5-13-28(27)26-39(35)48/h1-18,20-26,31H. The molecule has 5 nitrogen and oxygen atoms in total. The van der Waals surface area contributed by atoms with Crippen LogP contribution < -0.4 is 4.90 Å². The molecule has 3 aromatic heterocycles. The minimum Gasteiger partial charge on any atom is -0.450 e. The molecule has 2 aliphatic rings. The van der Waals surface area contributed by atoms with E-state index in [4.69, 9.17) is 14.4 Å². The Hall–Kier alpha value is -6.68. The molecule has 0 radical (unpaired) electrons. The molecule has 1 atom stereocenters. The van der Waals surface area contributed by atoms with Gasteiger partial charge in [0, 0.05) is 27.4 Å². The summed E-state index contributed by atoms with van der Waals surface area (Å²) in [4.78, 5) is 12.9. The lowest BCUT2D eigenvalue weighted by molar-refractivity contribution is 0.662. The Labute approximate surface area is 281 Å². The molecule has 1 unspecified atom stereocenters. The van der Waals surface area contributed by atoms with Crippen LogP contribution in [0.3, 0.4) is 0 Å². The fraction of sp³-hybridized carbons (Fsp3) is 0.0227. The number of rotatable bonds is 3. The quantitative estimate of drug-likeness (QED) is 0.183. The lowest BCUT2D eigenvalue weighted by Gasteiger charge is -2.21. The normalized spacial score (nSPS) is 15.1. The molecule has 0 saturated carbocycles. The maximum Gasteiger partial charge on any atom is 0.197 e. The lowest BCUT2D eigenvalue weighted by Crippen LogP contribution is -2.12. The van der Waals surface area contributed by atoms with Crippen LogP contribution in [0.5, 0.6) is 0 Å². The van der Waals surface area contributed by atoms with Gasteiger partial charge in [-0.2, -0.15) is 0 Å². The molecule has 0 spiro atoms. The van der Waals surface area contributed by atoms with Crippen molar-refractivity contribution in [3.63, 3.8) is 0 Å². The highest BCUT2D eigenvalue weighted by atomic mass is 16.3. The second-order valence-corrected chi connectivity index (χ2v) is 12.7. The average Bonchev–Trinajstić information content (AvgIpc) is 3.81. The van der Waals surface area contributed by atoms with Crippen molar-refractivity contribution in [3.05, 3.63) is 169 Å². The SMILES string of the molecule is C1=CC=CC2C=1N(c1ccccc1)c1ccc(-c3nc(-n4c5ccccc5c5cc6ccccc6cc54)c4oc5ccccc5c4n3)cc12. The monoisotopic (exact) mass is 626 g/mol. The van der Waals surface area contributed by atoms with Gasteiger partial charge >= 0.3 is 0 Å². The van der Waals surface area contributed by atoms with Gasteiger partial charge in [-0.1, -0.05) is 90.7 Å². The molecule has 1 aliphatic carbocycles. The van der Waals surface area contributed by atoms with E-state index in [0.717, 1.165) is 56.0 Å². The third-order valence-electron chi connectivity index (χ3n) is 10.00. The molecule has 9 aromatic rings. The predicted molar refractivity (Wildman–Crippen MR) is 199 cm³/mol. The second-order valence-electron chi connectivity index (χ2n) is 12.7. The van der Waals surface area contributed by atoms with Crippen LogP contribution in [-0.2, 0) is 0 Å². The highest BCUT2D eigenvalue weighted by molar-refractivity contribution is 6.15. The minimum absolute atomic E-state index is 0.0868. The van der Waals surface area contributed by atoms with Crippen molar-refractivity contribution in [2.75, 3.05) is 4.90 Å².